The number of hydrogen-bond donors (Lipinski definition) is 0. The molecule has 0 bridgehead atoms. The van der Waals surface area contributed by atoms with E-state index in [0.29, 0.717) is 6.42 Å². The molecular weight excluding hydrogens is 332 g/mol. The Morgan fingerprint density at radius 1 is 1.20 bits per heavy atom. The van der Waals surface area contributed by atoms with Crippen LogP contribution in [0.2, 0.25) is 0 Å². The molecule has 0 amide bonds. The molecule has 3 nitrogen and oxygen atoms in total. The Hall–Kier alpha value is -2.20. The first kappa shape index (κ1) is 17.6. The number of carbonyl (C=O) groups is 2. The fourth-order valence-electron chi connectivity index (χ4n) is 3.31. The number of thiophene rings is 1. The van der Waals surface area contributed by atoms with Crippen molar-refractivity contribution >= 4 is 28.7 Å². The second-order valence-electron chi connectivity index (χ2n) is 6.18. The Morgan fingerprint density at radius 3 is 2.56 bits per heavy atom. The van der Waals surface area contributed by atoms with Crippen LogP contribution < -0.4 is 0 Å². The first-order chi connectivity index (χ1) is 12.1. The van der Waals surface area contributed by atoms with E-state index in [1.165, 1.54) is 5.56 Å². The normalized spacial score (nSPS) is 20.2. The van der Waals surface area contributed by atoms with Gasteiger partial charge in [0.2, 0.25) is 0 Å². The number of rotatable bonds is 5. The lowest BCUT2D eigenvalue weighted by Crippen LogP contribution is -2.33. The number of esters is 1. The maximum absolute atomic E-state index is 12.8. The van der Waals surface area contributed by atoms with Gasteiger partial charge in [0.25, 0.3) is 0 Å². The monoisotopic (exact) mass is 354 g/mol. The van der Waals surface area contributed by atoms with Gasteiger partial charge >= 0.3 is 5.97 Å². The van der Waals surface area contributed by atoms with E-state index in [1.807, 2.05) is 17.5 Å². The average Bonchev–Trinajstić information content (AvgIpc) is 3.16. The van der Waals surface area contributed by atoms with Crippen molar-refractivity contribution in [2.45, 2.75) is 32.6 Å². The van der Waals surface area contributed by atoms with Gasteiger partial charge in [-0.25, -0.2) is 0 Å². The van der Waals surface area contributed by atoms with Crippen LogP contribution >= 0.6 is 11.3 Å². The van der Waals surface area contributed by atoms with Crippen molar-refractivity contribution < 1.29 is 14.3 Å². The molecule has 1 aliphatic carbocycles. The Bertz CT molecular complexity index is 772. The molecule has 1 aliphatic rings. The highest BCUT2D eigenvalue weighted by Gasteiger charge is 2.40. The summed E-state index contributed by atoms with van der Waals surface area (Å²) in [5.74, 6) is -1.46. The summed E-state index contributed by atoms with van der Waals surface area (Å²) >= 11 is 1.59. The second-order valence-corrected chi connectivity index (χ2v) is 7.16. The molecule has 2 atom stereocenters. The molecule has 0 fully saturated rings. The summed E-state index contributed by atoms with van der Waals surface area (Å²) in [6.07, 6.45) is 3.29. The molecule has 0 saturated carbocycles. The van der Waals surface area contributed by atoms with Crippen molar-refractivity contribution in [3.8, 4) is 0 Å². The van der Waals surface area contributed by atoms with E-state index in [4.69, 9.17) is 4.74 Å². The molecule has 25 heavy (non-hydrogen) atoms. The van der Waals surface area contributed by atoms with Crippen LogP contribution in [0.3, 0.4) is 0 Å². The fourth-order valence-corrected chi connectivity index (χ4v) is 4.17. The zero-order valence-electron chi connectivity index (χ0n) is 14.5. The Kier molecular flexibility index (Phi) is 5.49. The van der Waals surface area contributed by atoms with Gasteiger partial charge in [-0.3, -0.25) is 9.59 Å². The lowest BCUT2D eigenvalue weighted by atomic mass is 9.76. The van der Waals surface area contributed by atoms with E-state index in [2.05, 4.69) is 31.2 Å². The lowest BCUT2D eigenvalue weighted by molar-refractivity contribution is -0.151. The molecule has 0 spiro atoms. The van der Waals surface area contributed by atoms with Crippen molar-refractivity contribution in [2.75, 3.05) is 6.61 Å². The van der Waals surface area contributed by atoms with E-state index in [1.54, 1.807) is 24.3 Å². The van der Waals surface area contributed by atoms with Crippen LogP contribution in [-0.4, -0.2) is 18.4 Å². The van der Waals surface area contributed by atoms with Crippen LogP contribution in [0.25, 0.3) is 5.57 Å². The topological polar surface area (TPSA) is 43.4 Å². The van der Waals surface area contributed by atoms with Crippen molar-refractivity contribution in [2.24, 2.45) is 5.92 Å². The summed E-state index contributed by atoms with van der Waals surface area (Å²) in [6, 6.07) is 12.3. The van der Waals surface area contributed by atoms with Gasteiger partial charge in [0, 0.05) is 10.8 Å². The second kappa shape index (κ2) is 7.79. The molecule has 0 saturated heterocycles. The molecule has 130 valence electrons. The minimum absolute atomic E-state index is 0.155. The van der Waals surface area contributed by atoms with Gasteiger partial charge < -0.3 is 4.74 Å². The van der Waals surface area contributed by atoms with Crippen LogP contribution in [0.1, 0.15) is 42.2 Å². The average molecular weight is 354 g/mol. The molecular formula is C21H22O3S. The smallest absolute Gasteiger partial charge is 0.317 e. The molecule has 4 heteroatoms. The largest absolute Gasteiger partial charge is 0.465 e. The molecule has 0 aliphatic heterocycles. The third-order valence-electron chi connectivity index (χ3n) is 4.65. The minimum atomic E-state index is -0.739. The van der Waals surface area contributed by atoms with Crippen LogP contribution in [0.4, 0.5) is 0 Å². The van der Waals surface area contributed by atoms with Crippen molar-refractivity contribution in [3.05, 3.63) is 63.9 Å². The summed E-state index contributed by atoms with van der Waals surface area (Å²) in [5.41, 5.74) is 3.31. The lowest BCUT2D eigenvalue weighted by Gasteiger charge is -2.28. The highest BCUT2D eigenvalue weighted by molar-refractivity contribution is 7.10. The number of aryl methyl sites for hydroxylation is 1. The zero-order valence-corrected chi connectivity index (χ0v) is 15.3. The van der Waals surface area contributed by atoms with Crippen LogP contribution in [0.15, 0.2) is 47.9 Å². The molecule has 1 aromatic heterocycles. The van der Waals surface area contributed by atoms with E-state index < -0.39 is 11.9 Å². The minimum Gasteiger partial charge on any atom is -0.465 e. The van der Waals surface area contributed by atoms with E-state index in [-0.39, 0.29) is 18.3 Å². The molecule has 0 radical (unpaired) electrons. The molecule has 1 heterocycles. The van der Waals surface area contributed by atoms with Gasteiger partial charge in [0.15, 0.2) is 5.78 Å². The molecule has 3 rings (SSSR count). The fraction of sp³-hybridized carbons (Fsp3) is 0.333. The summed E-state index contributed by atoms with van der Waals surface area (Å²) in [6.45, 7) is 4.17. The predicted octanol–water partition coefficient (Wildman–Crippen LogP) is 4.63. The quantitative estimate of drug-likeness (QED) is 0.581. The van der Waals surface area contributed by atoms with Gasteiger partial charge in [-0.2, -0.15) is 0 Å². The number of allylic oxidation sites excluding steroid dienone is 2. The first-order valence-corrected chi connectivity index (χ1v) is 9.55. The number of ether oxygens (including phenoxy) is 1. The third kappa shape index (κ3) is 3.74. The Balaban J connectivity index is 1.96. The molecule has 0 unspecified atom stereocenters. The maximum Gasteiger partial charge on any atom is 0.317 e. The summed E-state index contributed by atoms with van der Waals surface area (Å²) in [4.78, 5) is 26.2. The molecule has 2 aromatic rings. The number of ketones is 1. The maximum atomic E-state index is 12.8. The highest BCUT2D eigenvalue weighted by atomic mass is 32.1. The van der Waals surface area contributed by atoms with Crippen LogP contribution in [0, 0.1) is 5.92 Å². The van der Waals surface area contributed by atoms with Crippen LogP contribution in [0.5, 0.6) is 0 Å². The number of benzene rings is 1. The summed E-state index contributed by atoms with van der Waals surface area (Å²) in [7, 11) is 0. The van der Waals surface area contributed by atoms with Crippen molar-refractivity contribution in [1.82, 2.24) is 0 Å². The summed E-state index contributed by atoms with van der Waals surface area (Å²) < 4.78 is 5.17. The van der Waals surface area contributed by atoms with Crippen molar-refractivity contribution in [3.63, 3.8) is 0 Å². The molecule has 0 N–H and O–H groups in total. The van der Waals surface area contributed by atoms with Crippen LogP contribution in [-0.2, 0) is 20.7 Å². The number of hydrogen-bond acceptors (Lipinski definition) is 4. The predicted molar refractivity (Wildman–Crippen MR) is 101 cm³/mol. The first-order valence-electron chi connectivity index (χ1n) is 8.67. The zero-order chi connectivity index (χ0) is 17.8. The van der Waals surface area contributed by atoms with E-state index >= 15 is 0 Å². The van der Waals surface area contributed by atoms with E-state index in [0.717, 1.165) is 22.4 Å². The summed E-state index contributed by atoms with van der Waals surface area (Å²) in [5, 5.41) is 1.98. The van der Waals surface area contributed by atoms with E-state index in [9.17, 15) is 9.59 Å². The highest BCUT2D eigenvalue weighted by Crippen LogP contribution is 2.41. The van der Waals surface area contributed by atoms with Gasteiger partial charge in [-0.15, -0.1) is 11.3 Å². The SMILES string of the molecule is CCOC(=O)[C@H]1C(=O)C=C(c2ccc(CC)cc2)C[C@H]1c1cccs1. The standard InChI is InChI=1S/C21H22O3S/c1-3-14-7-9-15(10-8-14)16-12-17(19-6-5-11-25-19)20(18(22)13-16)21(23)24-4-2/h5-11,13,17,20H,3-4,12H2,1-2H3/t17-,20+/m0/s1. The van der Waals surface area contributed by atoms with Crippen molar-refractivity contribution in [1.29, 1.82) is 0 Å². The van der Waals surface area contributed by atoms with Gasteiger partial charge in [0.05, 0.1) is 6.61 Å². The van der Waals surface area contributed by atoms with Gasteiger partial charge in [-0.05, 0) is 54.0 Å². The Morgan fingerprint density at radius 2 is 1.96 bits per heavy atom. The molecule has 1 aromatic carbocycles. The third-order valence-corrected chi connectivity index (χ3v) is 5.65. The van der Waals surface area contributed by atoms with Gasteiger partial charge in [0.1, 0.15) is 5.92 Å². The Labute approximate surface area is 152 Å². The van der Waals surface area contributed by atoms with Gasteiger partial charge in [-0.1, -0.05) is 37.3 Å². The number of carbonyl (C=O) groups excluding carboxylic acids is 2.